The summed E-state index contributed by atoms with van der Waals surface area (Å²) in [4.78, 5) is 23.6. The van der Waals surface area contributed by atoms with Crippen molar-refractivity contribution in [1.29, 1.82) is 0 Å². The van der Waals surface area contributed by atoms with E-state index < -0.39 is 35.1 Å². The zero-order valence-electron chi connectivity index (χ0n) is 18.8. The molecule has 11 heteroatoms. The Labute approximate surface area is 203 Å². The van der Waals surface area contributed by atoms with E-state index in [0.29, 0.717) is 23.5 Å². The Morgan fingerprint density at radius 1 is 1.09 bits per heavy atom. The van der Waals surface area contributed by atoms with Crippen molar-refractivity contribution in [3.05, 3.63) is 77.1 Å². The SMILES string of the molecule is CSc1cc(N2CCN(c3ncc(C(C)=O)c(C(F)(F)F)n3)C(c3ccc(F)cc3)C2)ccc1F. The number of piperazine rings is 1. The highest BCUT2D eigenvalue weighted by molar-refractivity contribution is 7.98. The van der Waals surface area contributed by atoms with Gasteiger partial charge in [-0.3, -0.25) is 4.79 Å². The van der Waals surface area contributed by atoms with Crippen LogP contribution < -0.4 is 9.80 Å². The first-order valence-electron chi connectivity index (χ1n) is 10.6. The Morgan fingerprint density at radius 3 is 2.43 bits per heavy atom. The number of nitrogens with zero attached hydrogens (tertiary/aromatic N) is 4. The van der Waals surface area contributed by atoms with Gasteiger partial charge >= 0.3 is 6.18 Å². The molecule has 1 aromatic heterocycles. The molecule has 0 bridgehead atoms. The van der Waals surface area contributed by atoms with Crippen LogP contribution in [0.1, 0.15) is 34.6 Å². The summed E-state index contributed by atoms with van der Waals surface area (Å²) in [7, 11) is 0. The van der Waals surface area contributed by atoms with E-state index in [0.717, 1.165) is 18.8 Å². The molecular weight excluding hydrogens is 487 g/mol. The third-order valence-electron chi connectivity index (χ3n) is 5.82. The van der Waals surface area contributed by atoms with Gasteiger partial charge < -0.3 is 9.80 Å². The Bertz CT molecular complexity index is 1240. The van der Waals surface area contributed by atoms with E-state index in [-0.39, 0.29) is 18.3 Å². The molecule has 2 heterocycles. The largest absolute Gasteiger partial charge is 0.434 e. The van der Waals surface area contributed by atoms with Crippen molar-refractivity contribution in [2.24, 2.45) is 0 Å². The van der Waals surface area contributed by atoms with Gasteiger partial charge in [-0.05, 0) is 49.1 Å². The number of halogens is 5. The lowest BCUT2D eigenvalue weighted by molar-refractivity contribution is -0.141. The molecule has 1 unspecified atom stereocenters. The third-order valence-corrected chi connectivity index (χ3v) is 6.57. The number of carbonyl (C=O) groups excluding carboxylic acids is 1. The second kappa shape index (κ2) is 9.80. The van der Waals surface area contributed by atoms with Gasteiger partial charge in [0.2, 0.25) is 5.95 Å². The van der Waals surface area contributed by atoms with Crippen molar-refractivity contribution in [3.63, 3.8) is 0 Å². The molecular formula is C24H21F5N4OS. The van der Waals surface area contributed by atoms with Crippen LogP contribution in [0.3, 0.4) is 0 Å². The first kappa shape index (κ1) is 24.9. The molecule has 1 atom stereocenters. The van der Waals surface area contributed by atoms with Crippen LogP contribution in [0.4, 0.5) is 33.6 Å². The van der Waals surface area contributed by atoms with Crippen LogP contribution in [-0.4, -0.2) is 41.6 Å². The molecule has 1 fully saturated rings. The summed E-state index contributed by atoms with van der Waals surface area (Å²) in [5.41, 5.74) is -0.491. The van der Waals surface area contributed by atoms with Gasteiger partial charge in [0, 0.05) is 36.4 Å². The Balaban J connectivity index is 1.75. The average molecular weight is 509 g/mol. The fourth-order valence-electron chi connectivity index (χ4n) is 4.06. The predicted molar refractivity (Wildman–Crippen MR) is 124 cm³/mol. The summed E-state index contributed by atoms with van der Waals surface area (Å²) < 4.78 is 68.6. The zero-order valence-corrected chi connectivity index (χ0v) is 19.6. The number of ketones is 1. The molecule has 1 aliphatic rings. The minimum atomic E-state index is -4.84. The topological polar surface area (TPSA) is 49.3 Å². The van der Waals surface area contributed by atoms with Crippen LogP contribution in [0.15, 0.2) is 53.6 Å². The molecule has 5 nitrogen and oxygen atoms in total. The first-order valence-corrected chi connectivity index (χ1v) is 11.9. The Morgan fingerprint density at radius 2 is 1.80 bits per heavy atom. The molecule has 0 aliphatic carbocycles. The van der Waals surface area contributed by atoms with Crippen LogP contribution in [0.5, 0.6) is 0 Å². The van der Waals surface area contributed by atoms with Gasteiger partial charge in [-0.25, -0.2) is 18.7 Å². The minimum Gasteiger partial charge on any atom is -0.367 e. The maximum absolute atomic E-state index is 14.0. The van der Waals surface area contributed by atoms with E-state index in [1.807, 2.05) is 4.90 Å². The highest BCUT2D eigenvalue weighted by atomic mass is 32.2. The van der Waals surface area contributed by atoms with Gasteiger partial charge in [-0.1, -0.05) is 12.1 Å². The Hall–Kier alpha value is -3.21. The maximum Gasteiger partial charge on any atom is 0.434 e. The molecule has 1 saturated heterocycles. The summed E-state index contributed by atoms with van der Waals surface area (Å²) in [6, 6.07) is 9.88. The molecule has 0 radical (unpaired) electrons. The minimum absolute atomic E-state index is 0.180. The summed E-state index contributed by atoms with van der Waals surface area (Å²) in [6.07, 6.45) is -2.18. The fraction of sp³-hybridized carbons (Fsp3) is 0.292. The molecule has 3 aromatic rings. The first-order chi connectivity index (χ1) is 16.6. The molecule has 4 rings (SSSR count). The summed E-state index contributed by atoms with van der Waals surface area (Å²) in [5, 5.41) is 0. The van der Waals surface area contributed by atoms with Gasteiger partial charge in [-0.2, -0.15) is 13.2 Å². The quantitative estimate of drug-likeness (QED) is 0.248. The van der Waals surface area contributed by atoms with Crippen LogP contribution in [0.2, 0.25) is 0 Å². The van der Waals surface area contributed by atoms with Gasteiger partial charge in [0.15, 0.2) is 11.5 Å². The summed E-state index contributed by atoms with van der Waals surface area (Å²) >= 11 is 1.27. The molecule has 0 amide bonds. The number of carbonyl (C=O) groups is 1. The van der Waals surface area contributed by atoms with Gasteiger partial charge in [0.05, 0.1) is 11.6 Å². The molecule has 35 heavy (non-hydrogen) atoms. The van der Waals surface area contributed by atoms with E-state index in [2.05, 4.69) is 9.97 Å². The summed E-state index contributed by atoms with van der Waals surface area (Å²) in [6.45, 7) is 1.98. The average Bonchev–Trinajstić information content (AvgIpc) is 2.83. The lowest BCUT2D eigenvalue weighted by atomic mass is 10.0. The zero-order chi connectivity index (χ0) is 25.3. The number of hydrogen-bond acceptors (Lipinski definition) is 6. The van der Waals surface area contributed by atoms with Crippen LogP contribution in [0, 0.1) is 11.6 Å². The number of Topliss-reactive ketones (excluding diaryl/α,β-unsaturated/α-hetero) is 1. The second-order valence-corrected chi connectivity index (χ2v) is 8.86. The van der Waals surface area contributed by atoms with Gasteiger partial charge in [-0.15, -0.1) is 11.8 Å². The van der Waals surface area contributed by atoms with Crippen molar-refractivity contribution in [2.75, 3.05) is 35.7 Å². The van der Waals surface area contributed by atoms with Crippen molar-refractivity contribution >= 4 is 29.2 Å². The number of thioether (sulfide) groups is 1. The van der Waals surface area contributed by atoms with Crippen LogP contribution in [0.25, 0.3) is 0 Å². The fourth-order valence-corrected chi connectivity index (χ4v) is 4.56. The molecule has 2 aromatic carbocycles. The molecule has 0 saturated carbocycles. The normalized spacial score (nSPS) is 16.5. The van der Waals surface area contributed by atoms with Crippen LogP contribution >= 0.6 is 11.8 Å². The number of benzene rings is 2. The maximum atomic E-state index is 14.0. The highest BCUT2D eigenvalue weighted by Crippen LogP contribution is 2.36. The van der Waals surface area contributed by atoms with E-state index >= 15 is 0 Å². The lowest BCUT2D eigenvalue weighted by Gasteiger charge is -2.43. The van der Waals surface area contributed by atoms with Crippen LogP contribution in [-0.2, 0) is 6.18 Å². The number of hydrogen-bond donors (Lipinski definition) is 0. The number of alkyl halides is 3. The van der Waals surface area contributed by atoms with E-state index in [1.54, 1.807) is 35.4 Å². The monoisotopic (exact) mass is 508 g/mol. The third kappa shape index (κ3) is 5.24. The van der Waals surface area contributed by atoms with E-state index in [1.165, 1.54) is 30.0 Å². The second-order valence-electron chi connectivity index (χ2n) is 8.01. The lowest BCUT2D eigenvalue weighted by Crippen LogP contribution is -2.49. The van der Waals surface area contributed by atoms with E-state index in [9.17, 15) is 26.7 Å². The van der Waals surface area contributed by atoms with Crippen molar-refractivity contribution in [3.8, 4) is 0 Å². The molecule has 184 valence electrons. The molecule has 0 N–H and O–H groups in total. The van der Waals surface area contributed by atoms with E-state index in [4.69, 9.17) is 0 Å². The van der Waals surface area contributed by atoms with Gasteiger partial charge in [0.25, 0.3) is 0 Å². The molecule has 0 spiro atoms. The predicted octanol–water partition coefficient (Wildman–Crippen LogP) is 5.77. The van der Waals surface area contributed by atoms with Crippen molar-refractivity contribution in [1.82, 2.24) is 9.97 Å². The number of aromatic nitrogens is 2. The summed E-state index contributed by atoms with van der Waals surface area (Å²) in [5.74, 6) is -1.75. The smallest absolute Gasteiger partial charge is 0.367 e. The molecule has 1 aliphatic heterocycles. The highest BCUT2D eigenvalue weighted by Gasteiger charge is 2.39. The number of anilines is 2. The van der Waals surface area contributed by atoms with Gasteiger partial charge in [0.1, 0.15) is 11.6 Å². The van der Waals surface area contributed by atoms with Crippen molar-refractivity contribution < 1.29 is 26.7 Å². The van der Waals surface area contributed by atoms with Crippen molar-refractivity contribution in [2.45, 2.75) is 24.0 Å². The Kier molecular flexibility index (Phi) is 6.98. The number of rotatable bonds is 5. The standard InChI is InChI=1S/C24H21F5N4OS/c1-14(34)18-12-30-23(31-22(18)24(27,28)29)33-10-9-32(17-7-8-19(26)21(11-17)35-2)13-20(33)15-3-5-16(25)6-4-15/h3-8,11-12,20H,9-10,13H2,1-2H3.